The predicted octanol–water partition coefficient (Wildman–Crippen LogP) is 0.173. The molecule has 2 atom stereocenters. The summed E-state index contributed by atoms with van der Waals surface area (Å²) in [5, 5.41) is 8.57. The van der Waals surface area contributed by atoms with Gasteiger partial charge in [0.15, 0.2) is 0 Å². The highest BCUT2D eigenvalue weighted by Gasteiger charge is 2.18. The molecule has 0 spiro atoms. The molecule has 0 aliphatic carbocycles. The summed E-state index contributed by atoms with van der Waals surface area (Å²) in [5.74, 6) is 0. The van der Waals surface area contributed by atoms with Crippen LogP contribution in [0.3, 0.4) is 0 Å². The lowest BCUT2D eigenvalue weighted by molar-refractivity contribution is -0.135. The summed E-state index contributed by atoms with van der Waals surface area (Å²) in [6.45, 7) is 3.47. The third kappa shape index (κ3) is 2.25. The average Bonchev–Trinajstić information content (AvgIpc) is 1.88. The molecule has 3 nitrogen and oxygen atoms in total. The summed E-state index contributed by atoms with van der Waals surface area (Å²) in [4.78, 5) is 0. The second-order valence-electron chi connectivity index (χ2n) is 2.62. The zero-order valence-corrected chi connectivity index (χ0v) is 6.25. The van der Waals surface area contributed by atoms with Crippen LogP contribution in [-0.4, -0.2) is 37.1 Å². The fourth-order valence-corrected chi connectivity index (χ4v) is 1.07. The van der Waals surface area contributed by atoms with Gasteiger partial charge in [-0.2, -0.15) is 0 Å². The highest BCUT2D eigenvalue weighted by Crippen LogP contribution is 2.09. The SMILES string of the molecule is CC1COCC(CCO)O1. The summed E-state index contributed by atoms with van der Waals surface area (Å²) in [7, 11) is 0. The molecule has 1 N–H and O–H groups in total. The van der Waals surface area contributed by atoms with Crippen LogP contribution in [0.4, 0.5) is 0 Å². The van der Waals surface area contributed by atoms with Crippen LogP contribution in [0.25, 0.3) is 0 Å². The lowest BCUT2D eigenvalue weighted by atomic mass is 10.2. The first-order valence-electron chi connectivity index (χ1n) is 3.67. The average molecular weight is 146 g/mol. The molecule has 2 unspecified atom stereocenters. The Bertz CT molecular complexity index is 92.9. The van der Waals surface area contributed by atoms with E-state index in [-0.39, 0.29) is 18.8 Å². The van der Waals surface area contributed by atoms with E-state index in [1.165, 1.54) is 0 Å². The maximum Gasteiger partial charge on any atom is 0.0835 e. The third-order valence-corrected chi connectivity index (χ3v) is 1.53. The van der Waals surface area contributed by atoms with Crippen molar-refractivity contribution in [3.8, 4) is 0 Å². The van der Waals surface area contributed by atoms with Crippen molar-refractivity contribution < 1.29 is 14.6 Å². The normalized spacial score (nSPS) is 34.2. The lowest BCUT2D eigenvalue weighted by Gasteiger charge is -2.27. The van der Waals surface area contributed by atoms with Crippen molar-refractivity contribution in [3.05, 3.63) is 0 Å². The van der Waals surface area contributed by atoms with Crippen LogP contribution in [-0.2, 0) is 9.47 Å². The number of ether oxygens (including phenoxy) is 2. The standard InChI is InChI=1S/C7H14O3/c1-6-4-9-5-7(10-6)2-3-8/h6-8H,2-5H2,1H3. The van der Waals surface area contributed by atoms with Crippen molar-refractivity contribution in [2.45, 2.75) is 25.6 Å². The third-order valence-electron chi connectivity index (χ3n) is 1.53. The van der Waals surface area contributed by atoms with Gasteiger partial charge in [0.25, 0.3) is 0 Å². The van der Waals surface area contributed by atoms with Crippen LogP contribution < -0.4 is 0 Å². The molecule has 0 amide bonds. The number of aliphatic hydroxyl groups is 1. The Morgan fingerprint density at radius 3 is 2.90 bits per heavy atom. The van der Waals surface area contributed by atoms with Gasteiger partial charge in [0.2, 0.25) is 0 Å². The van der Waals surface area contributed by atoms with Gasteiger partial charge in [0, 0.05) is 6.61 Å². The Morgan fingerprint density at radius 2 is 2.30 bits per heavy atom. The predicted molar refractivity (Wildman–Crippen MR) is 36.9 cm³/mol. The second kappa shape index (κ2) is 3.91. The van der Waals surface area contributed by atoms with Crippen molar-refractivity contribution in [2.24, 2.45) is 0 Å². The van der Waals surface area contributed by atoms with E-state index in [0.717, 1.165) is 0 Å². The molecular weight excluding hydrogens is 132 g/mol. The smallest absolute Gasteiger partial charge is 0.0835 e. The van der Waals surface area contributed by atoms with Crippen LogP contribution in [0, 0.1) is 0 Å². The summed E-state index contributed by atoms with van der Waals surface area (Å²) >= 11 is 0. The Morgan fingerprint density at radius 1 is 1.50 bits per heavy atom. The fourth-order valence-electron chi connectivity index (χ4n) is 1.07. The van der Waals surface area contributed by atoms with E-state index in [0.29, 0.717) is 19.6 Å². The molecule has 0 radical (unpaired) electrons. The monoisotopic (exact) mass is 146 g/mol. The molecule has 60 valence electrons. The Labute approximate surface area is 60.9 Å². The topological polar surface area (TPSA) is 38.7 Å². The number of rotatable bonds is 2. The first-order chi connectivity index (χ1) is 4.83. The van der Waals surface area contributed by atoms with Crippen LogP contribution in [0.5, 0.6) is 0 Å². The molecule has 0 bridgehead atoms. The van der Waals surface area contributed by atoms with Crippen LogP contribution in [0.1, 0.15) is 13.3 Å². The van der Waals surface area contributed by atoms with Gasteiger partial charge in [-0.15, -0.1) is 0 Å². The highest BCUT2D eigenvalue weighted by atomic mass is 16.6. The minimum absolute atomic E-state index is 0.105. The molecule has 1 aliphatic rings. The molecule has 1 saturated heterocycles. The maximum atomic E-state index is 8.57. The van der Waals surface area contributed by atoms with E-state index in [9.17, 15) is 0 Å². The second-order valence-corrected chi connectivity index (χ2v) is 2.62. The van der Waals surface area contributed by atoms with E-state index in [2.05, 4.69) is 0 Å². The van der Waals surface area contributed by atoms with Crippen molar-refractivity contribution >= 4 is 0 Å². The molecule has 1 fully saturated rings. The van der Waals surface area contributed by atoms with Crippen molar-refractivity contribution in [2.75, 3.05) is 19.8 Å². The molecule has 0 aromatic carbocycles. The number of aliphatic hydroxyl groups excluding tert-OH is 1. The Hall–Kier alpha value is -0.120. The molecule has 3 heteroatoms. The van der Waals surface area contributed by atoms with Gasteiger partial charge in [-0.1, -0.05) is 0 Å². The molecule has 10 heavy (non-hydrogen) atoms. The van der Waals surface area contributed by atoms with Gasteiger partial charge in [0.1, 0.15) is 0 Å². The molecule has 0 aromatic rings. The van der Waals surface area contributed by atoms with E-state index in [4.69, 9.17) is 14.6 Å². The van der Waals surface area contributed by atoms with Crippen LogP contribution in [0.2, 0.25) is 0 Å². The largest absolute Gasteiger partial charge is 0.396 e. The van der Waals surface area contributed by atoms with E-state index in [1.54, 1.807) is 0 Å². The quantitative estimate of drug-likeness (QED) is 0.603. The highest BCUT2D eigenvalue weighted by molar-refractivity contribution is 4.64. The van der Waals surface area contributed by atoms with Gasteiger partial charge in [0.05, 0.1) is 25.4 Å². The van der Waals surface area contributed by atoms with Crippen LogP contribution >= 0.6 is 0 Å². The Kier molecular flexibility index (Phi) is 3.12. The first-order valence-corrected chi connectivity index (χ1v) is 3.67. The maximum absolute atomic E-state index is 8.57. The fraction of sp³-hybridized carbons (Fsp3) is 1.00. The summed E-state index contributed by atoms with van der Waals surface area (Å²) in [6, 6.07) is 0. The van der Waals surface area contributed by atoms with Gasteiger partial charge >= 0.3 is 0 Å². The summed E-state index contributed by atoms with van der Waals surface area (Å²) < 4.78 is 10.7. The zero-order chi connectivity index (χ0) is 7.40. The molecule has 0 saturated carbocycles. The van der Waals surface area contributed by atoms with Crippen molar-refractivity contribution in [1.29, 1.82) is 0 Å². The van der Waals surface area contributed by atoms with Gasteiger partial charge in [-0.25, -0.2) is 0 Å². The molecule has 1 rings (SSSR count). The van der Waals surface area contributed by atoms with Gasteiger partial charge < -0.3 is 14.6 Å². The van der Waals surface area contributed by atoms with E-state index < -0.39 is 0 Å². The van der Waals surface area contributed by atoms with E-state index in [1.807, 2.05) is 6.92 Å². The lowest BCUT2D eigenvalue weighted by Crippen LogP contribution is -2.34. The summed E-state index contributed by atoms with van der Waals surface area (Å²) in [6.07, 6.45) is 0.976. The minimum atomic E-state index is 0.105. The summed E-state index contributed by atoms with van der Waals surface area (Å²) in [5.41, 5.74) is 0. The molecule has 1 aliphatic heterocycles. The molecule has 0 aromatic heterocycles. The molecule has 1 heterocycles. The van der Waals surface area contributed by atoms with Crippen LogP contribution in [0.15, 0.2) is 0 Å². The first kappa shape index (κ1) is 7.98. The van der Waals surface area contributed by atoms with E-state index >= 15 is 0 Å². The van der Waals surface area contributed by atoms with Crippen molar-refractivity contribution in [3.63, 3.8) is 0 Å². The van der Waals surface area contributed by atoms with Crippen molar-refractivity contribution in [1.82, 2.24) is 0 Å². The Balaban J connectivity index is 2.18. The number of hydrogen-bond acceptors (Lipinski definition) is 3. The van der Waals surface area contributed by atoms with Gasteiger partial charge in [-0.3, -0.25) is 0 Å². The minimum Gasteiger partial charge on any atom is -0.396 e. The number of hydrogen-bond donors (Lipinski definition) is 1. The zero-order valence-electron chi connectivity index (χ0n) is 6.25. The molecular formula is C7H14O3. The van der Waals surface area contributed by atoms with Gasteiger partial charge in [-0.05, 0) is 13.3 Å².